The molecule has 2 aliphatic heterocycles. The summed E-state index contributed by atoms with van der Waals surface area (Å²) in [6.45, 7) is 23.1. The maximum atomic E-state index is 12.5. The van der Waals surface area contributed by atoms with Crippen LogP contribution in [-0.4, -0.2) is 85.3 Å². The summed E-state index contributed by atoms with van der Waals surface area (Å²) < 4.78 is 33.0. The average Bonchev–Trinajstić information content (AvgIpc) is 3.70. The van der Waals surface area contributed by atoms with Crippen molar-refractivity contribution in [2.24, 2.45) is 51.2 Å². The molecule has 8 rings (SSSR count). The van der Waals surface area contributed by atoms with Gasteiger partial charge in [0.1, 0.15) is 6.10 Å². The van der Waals surface area contributed by atoms with Crippen molar-refractivity contribution in [3.8, 4) is 0 Å². The Balaban J connectivity index is 0.976. The van der Waals surface area contributed by atoms with Crippen LogP contribution in [0.1, 0.15) is 112 Å². The maximum Gasteiger partial charge on any atom is 0.170 e. The van der Waals surface area contributed by atoms with Crippen molar-refractivity contribution in [1.29, 1.82) is 0 Å². The lowest BCUT2D eigenvalue weighted by Crippen LogP contribution is -2.57. The fourth-order valence-electron chi connectivity index (χ4n) is 14.6. The van der Waals surface area contributed by atoms with Gasteiger partial charge in [0.15, 0.2) is 6.29 Å². The summed E-state index contributed by atoms with van der Waals surface area (Å²) in [6.07, 6.45) is 8.93. The molecule has 2 heterocycles. The molecule has 14 atom stereocenters. The first-order valence-corrected chi connectivity index (χ1v) is 20.9. The topological polar surface area (TPSA) is 69.6 Å². The van der Waals surface area contributed by atoms with Crippen LogP contribution in [0.15, 0.2) is 30.3 Å². The fourth-order valence-corrected chi connectivity index (χ4v) is 14.6. The van der Waals surface area contributed by atoms with Gasteiger partial charge >= 0.3 is 0 Å². The highest BCUT2D eigenvalue weighted by atomic mass is 16.7. The van der Waals surface area contributed by atoms with Crippen LogP contribution in [0.25, 0.3) is 0 Å². The molecule has 2 unspecified atom stereocenters. The van der Waals surface area contributed by atoms with Gasteiger partial charge in [-0.25, -0.2) is 0 Å². The van der Waals surface area contributed by atoms with Crippen LogP contribution in [0.5, 0.6) is 0 Å². The second-order valence-electron chi connectivity index (χ2n) is 19.5. The van der Waals surface area contributed by atoms with E-state index in [1.807, 2.05) is 0 Å². The van der Waals surface area contributed by atoms with Gasteiger partial charge in [-0.2, -0.15) is 0 Å². The summed E-state index contributed by atoms with van der Waals surface area (Å²) in [5, 5.41) is 12.5. The van der Waals surface area contributed by atoms with Crippen LogP contribution in [0.4, 0.5) is 0 Å². The first kappa shape index (κ1) is 36.9. The molecule has 7 aliphatic rings. The molecule has 2 saturated heterocycles. The molecule has 1 aromatic rings. The molecule has 0 amide bonds. The molecule has 286 valence electrons. The van der Waals surface area contributed by atoms with Crippen molar-refractivity contribution >= 4 is 0 Å². The zero-order chi connectivity index (χ0) is 36.0. The SMILES string of the molecule is CCO[C@@H]([C@H]1C[C@@H](C)[C@H]2[C@H](O1)[C@H](O)C1[C@@H]3CC[C@H]4C(C)(C)[C@@H](O[C@H]5CN(Cc6ccccc6)CCO5)CCC45C[C@@]35CC[C@@]12C)C(C)(C)OCC. The van der Waals surface area contributed by atoms with E-state index in [0.717, 1.165) is 39.1 Å². The first-order valence-electron chi connectivity index (χ1n) is 20.9. The van der Waals surface area contributed by atoms with Crippen molar-refractivity contribution in [2.45, 2.75) is 156 Å². The van der Waals surface area contributed by atoms with E-state index < -0.39 is 11.7 Å². The number of hydrogen-bond donors (Lipinski definition) is 1. The molecular formula is C44H69NO6. The second-order valence-corrected chi connectivity index (χ2v) is 19.5. The molecular weight excluding hydrogens is 638 g/mol. The predicted molar refractivity (Wildman–Crippen MR) is 199 cm³/mol. The smallest absolute Gasteiger partial charge is 0.170 e. The van der Waals surface area contributed by atoms with Gasteiger partial charge < -0.3 is 28.8 Å². The van der Waals surface area contributed by atoms with Crippen molar-refractivity contribution < 1.29 is 28.8 Å². The Morgan fingerprint density at radius 3 is 2.51 bits per heavy atom. The van der Waals surface area contributed by atoms with Crippen molar-refractivity contribution in [3.63, 3.8) is 0 Å². The first-order chi connectivity index (χ1) is 24.3. The van der Waals surface area contributed by atoms with Crippen molar-refractivity contribution in [1.82, 2.24) is 4.90 Å². The highest BCUT2D eigenvalue weighted by Gasteiger charge is 2.82. The van der Waals surface area contributed by atoms with Crippen molar-refractivity contribution in [2.75, 3.05) is 32.9 Å². The van der Waals surface area contributed by atoms with E-state index in [2.05, 4.69) is 90.6 Å². The number of hydrogen-bond acceptors (Lipinski definition) is 7. The number of benzene rings is 1. The standard InChI is InChI=1S/C44H69NO6/c1-9-47-39(41(6,7)49-10-2)31-24-28(3)35-38(50-31)37(46)36-30-16-17-32-40(4,5)33(18-19-44(32)27-43(30,44)21-20-42(35,36)8)51-34-26-45(22-23-48-34)25-29-14-12-11-13-15-29/h11-15,28,30-39,46H,9-10,16-27H2,1-8H3/t28-,30+,31-,32+,33+,34+,35+,36?,37-,38+,39+,42-,43+,44?/m1/s1. The quantitative estimate of drug-likeness (QED) is 0.266. The van der Waals surface area contributed by atoms with Crippen LogP contribution < -0.4 is 0 Å². The third kappa shape index (κ3) is 5.75. The monoisotopic (exact) mass is 708 g/mol. The molecule has 7 fully saturated rings. The predicted octanol–water partition coefficient (Wildman–Crippen LogP) is 7.87. The Hall–Kier alpha value is -1.06. The molecule has 0 radical (unpaired) electrons. The highest BCUT2D eigenvalue weighted by Crippen LogP contribution is 2.87. The fraction of sp³-hybridized carbons (Fsp3) is 0.864. The lowest BCUT2D eigenvalue weighted by Gasteiger charge is -2.60. The van der Waals surface area contributed by atoms with Gasteiger partial charge in [0.05, 0.1) is 36.6 Å². The van der Waals surface area contributed by atoms with Crippen molar-refractivity contribution in [3.05, 3.63) is 35.9 Å². The maximum absolute atomic E-state index is 12.5. The minimum absolute atomic E-state index is 0.0762. The number of morpholine rings is 1. The van der Waals surface area contributed by atoms with E-state index in [1.54, 1.807) is 0 Å². The number of aliphatic hydroxyl groups is 1. The lowest BCUT2D eigenvalue weighted by atomic mass is 9.46. The van der Waals surface area contributed by atoms with E-state index in [-0.39, 0.29) is 41.5 Å². The molecule has 51 heavy (non-hydrogen) atoms. The molecule has 7 nitrogen and oxygen atoms in total. The number of nitrogens with zero attached hydrogens (tertiary/aromatic N) is 1. The Morgan fingerprint density at radius 1 is 0.980 bits per heavy atom. The normalized spacial score (nSPS) is 46.6. The number of fused-ring (bicyclic) bond motifs is 4. The summed E-state index contributed by atoms with van der Waals surface area (Å²) >= 11 is 0. The second kappa shape index (κ2) is 13.3. The van der Waals surface area contributed by atoms with E-state index in [1.165, 1.54) is 44.1 Å². The molecule has 0 aromatic heterocycles. The summed E-state index contributed by atoms with van der Waals surface area (Å²) in [5.41, 5.74) is 1.84. The Labute approximate surface area is 308 Å². The van der Waals surface area contributed by atoms with Gasteiger partial charge in [-0.05, 0) is 136 Å². The Morgan fingerprint density at radius 2 is 1.76 bits per heavy atom. The number of rotatable bonds is 10. The third-order valence-electron chi connectivity index (χ3n) is 16.5. The highest BCUT2D eigenvalue weighted by molar-refractivity contribution is 5.30. The molecule has 2 spiro atoms. The van der Waals surface area contributed by atoms with Crippen LogP contribution in [0, 0.1) is 51.2 Å². The molecule has 5 saturated carbocycles. The molecule has 0 bridgehead atoms. The van der Waals surface area contributed by atoms with Gasteiger partial charge in [-0.3, -0.25) is 4.90 Å². The summed E-state index contributed by atoms with van der Waals surface area (Å²) in [4.78, 5) is 2.50. The van der Waals surface area contributed by atoms with Crippen LogP contribution in [-0.2, 0) is 30.2 Å². The van der Waals surface area contributed by atoms with Gasteiger partial charge in [0.25, 0.3) is 0 Å². The third-order valence-corrected chi connectivity index (χ3v) is 16.5. The largest absolute Gasteiger partial charge is 0.390 e. The van der Waals surface area contributed by atoms with Crippen LogP contribution in [0.3, 0.4) is 0 Å². The van der Waals surface area contributed by atoms with Gasteiger partial charge in [-0.15, -0.1) is 0 Å². The van der Waals surface area contributed by atoms with Gasteiger partial charge in [-0.1, -0.05) is 58.0 Å². The molecule has 1 N–H and O–H groups in total. The minimum atomic E-state index is -0.453. The Kier molecular flexibility index (Phi) is 9.63. The van der Waals surface area contributed by atoms with E-state index in [9.17, 15) is 5.11 Å². The lowest BCUT2D eigenvalue weighted by molar-refractivity contribution is -0.246. The molecule has 1 aromatic carbocycles. The van der Waals surface area contributed by atoms with E-state index in [0.29, 0.717) is 53.6 Å². The zero-order valence-corrected chi connectivity index (χ0v) is 33.1. The molecule has 5 aliphatic carbocycles. The van der Waals surface area contributed by atoms with Gasteiger partial charge in [0, 0.05) is 32.8 Å². The number of ether oxygens (including phenoxy) is 5. The van der Waals surface area contributed by atoms with Crippen LogP contribution in [0.2, 0.25) is 0 Å². The average molecular weight is 708 g/mol. The number of aliphatic hydroxyl groups excluding tert-OH is 1. The van der Waals surface area contributed by atoms with E-state index >= 15 is 0 Å². The summed E-state index contributed by atoms with van der Waals surface area (Å²) in [6, 6.07) is 10.8. The minimum Gasteiger partial charge on any atom is -0.390 e. The zero-order valence-electron chi connectivity index (χ0n) is 33.1. The van der Waals surface area contributed by atoms with E-state index in [4.69, 9.17) is 23.7 Å². The Bertz CT molecular complexity index is 1390. The summed E-state index contributed by atoms with van der Waals surface area (Å²) in [7, 11) is 0. The van der Waals surface area contributed by atoms with Gasteiger partial charge in [0.2, 0.25) is 0 Å². The van der Waals surface area contributed by atoms with Crippen LogP contribution >= 0.6 is 0 Å². The molecule has 7 heteroatoms. The summed E-state index contributed by atoms with van der Waals surface area (Å²) in [5.74, 6) is 2.38.